The van der Waals surface area contributed by atoms with E-state index >= 15 is 0 Å². The van der Waals surface area contributed by atoms with Gasteiger partial charge >= 0.3 is 0 Å². The first-order chi connectivity index (χ1) is 12.2. The molecule has 0 aliphatic carbocycles. The summed E-state index contributed by atoms with van der Waals surface area (Å²) in [4.78, 5) is 9.27. The Balaban J connectivity index is 1.38. The summed E-state index contributed by atoms with van der Waals surface area (Å²) in [5.41, 5.74) is 1.81. The molecule has 7 heteroatoms. The second kappa shape index (κ2) is 7.47. The zero-order chi connectivity index (χ0) is 17.2. The van der Waals surface area contributed by atoms with E-state index in [2.05, 4.69) is 14.8 Å². The lowest BCUT2D eigenvalue weighted by molar-refractivity contribution is -0.00618. The van der Waals surface area contributed by atoms with Gasteiger partial charge in [0.05, 0.1) is 31.6 Å². The number of hydrogen-bond donors (Lipinski definition) is 1. The van der Waals surface area contributed by atoms with E-state index in [1.165, 1.54) is 12.1 Å². The Morgan fingerprint density at radius 2 is 1.96 bits per heavy atom. The van der Waals surface area contributed by atoms with E-state index in [1.807, 2.05) is 5.38 Å². The number of aliphatic hydroxyl groups is 1. The van der Waals surface area contributed by atoms with Gasteiger partial charge in [-0.2, -0.15) is 0 Å². The van der Waals surface area contributed by atoms with E-state index in [9.17, 15) is 9.50 Å². The summed E-state index contributed by atoms with van der Waals surface area (Å²) >= 11 is 1.61. The highest BCUT2D eigenvalue weighted by atomic mass is 32.1. The minimum atomic E-state index is -0.324. The molecule has 2 aliphatic rings. The van der Waals surface area contributed by atoms with Gasteiger partial charge in [-0.1, -0.05) is 0 Å². The molecular weight excluding hydrogens is 341 g/mol. The molecule has 0 spiro atoms. The van der Waals surface area contributed by atoms with Crippen LogP contribution in [0.4, 0.5) is 4.39 Å². The first kappa shape index (κ1) is 17.1. The molecule has 2 saturated heterocycles. The lowest BCUT2D eigenvalue weighted by atomic mass is 10.2. The molecule has 0 unspecified atom stereocenters. The molecule has 2 fully saturated rings. The van der Waals surface area contributed by atoms with Gasteiger partial charge in [0.1, 0.15) is 10.8 Å². The van der Waals surface area contributed by atoms with Crippen LogP contribution in [-0.2, 0) is 11.3 Å². The molecule has 0 radical (unpaired) electrons. The van der Waals surface area contributed by atoms with Gasteiger partial charge in [0.2, 0.25) is 0 Å². The van der Waals surface area contributed by atoms with Gasteiger partial charge in [0.15, 0.2) is 0 Å². The van der Waals surface area contributed by atoms with Gasteiger partial charge in [0, 0.05) is 43.2 Å². The molecule has 3 heterocycles. The van der Waals surface area contributed by atoms with Gasteiger partial charge in [-0.05, 0) is 24.3 Å². The Morgan fingerprint density at radius 3 is 2.72 bits per heavy atom. The number of halogens is 1. The van der Waals surface area contributed by atoms with Crippen molar-refractivity contribution in [2.75, 3.05) is 39.4 Å². The number of thiazole rings is 1. The average Bonchev–Trinajstić information content (AvgIpc) is 3.23. The average molecular weight is 363 g/mol. The van der Waals surface area contributed by atoms with E-state index in [0.29, 0.717) is 6.54 Å². The van der Waals surface area contributed by atoms with Crippen LogP contribution in [-0.4, -0.2) is 71.4 Å². The third kappa shape index (κ3) is 3.91. The lowest BCUT2D eigenvalue weighted by Crippen LogP contribution is -2.48. The third-order valence-electron chi connectivity index (χ3n) is 4.90. The lowest BCUT2D eigenvalue weighted by Gasteiger charge is -2.33. The molecule has 5 nitrogen and oxygen atoms in total. The molecule has 0 bridgehead atoms. The van der Waals surface area contributed by atoms with E-state index in [4.69, 9.17) is 4.74 Å². The minimum Gasteiger partial charge on any atom is -0.390 e. The zero-order valence-electron chi connectivity index (χ0n) is 14.0. The Kier molecular flexibility index (Phi) is 5.10. The van der Waals surface area contributed by atoms with Gasteiger partial charge in [-0.25, -0.2) is 9.37 Å². The van der Waals surface area contributed by atoms with Gasteiger partial charge < -0.3 is 9.84 Å². The molecular formula is C18H22FN3O2S. The molecule has 25 heavy (non-hydrogen) atoms. The van der Waals surface area contributed by atoms with Crippen LogP contribution in [0.1, 0.15) is 5.01 Å². The number of aliphatic hydroxyl groups excluding tert-OH is 1. The van der Waals surface area contributed by atoms with Crippen LogP contribution in [0.25, 0.3) is 11.3 Å². The standard InChI is InChI=1S/C18H22FN3O2S/c19-14-3-1-13(2-4-14)15-12-25-18(20-15)11-21-9-16(17(23)10-21)22-5-7-24-8-6-22/h1-4,12,16-17,23H,5-11H2/t16-,17-/m1/s1. The molecule has 2 atom stereocenters. The Hall–Kier alpha value is -1.38. The van der Waals surface area contributed by atoms with Gasteiger partial charge in [-0.3, -0.25) is 9.80 Å². The number of β-amino-alcohol motifs (C(OH)–C–C–N with tert-alkyl or cyclic N) is 1. The highest BCUT2D eigenvalue weighted by Gasteiger charge is 2.36. The molecule has 2 aliphatic heterocycles. The maximum absolute atomic E-state index is 13.0. The molecule has 4 rings (SSSR count). The van der Waals surface area contributed by atoms with Gasteiger partial charge in [-0.15, -0.1) is 11.3 Å². The molecule has 1 N–H and O–H groups in total. The molecule has 134 valence electrons. The highest BCUT2D eigenvalue weighted by molar-refractivity contribution is 7.09. The summed E-state index contributed by atoms with van der Waals surface area (Å²) in [6.45, 7) is 5.54. The third-order valence-corrected chi connectivity index (χ3v) is 5.73. The van der Waals surface area contributed by atoms with E-state index in [0.717, 1.165) is 55.7 Å². The van der Waals surface area contributed by atoms with Crippen molar-refractivity contribution < 1.29 is 14.2 Å². The first-order valence-corrected chi connectivity index (χ1v) is 9.49. The number of ether oxygens (including phenoxy) is 1. The SMILES string of the molecule is O[C@@H]1CN(Cc2nc(-c3ccc(F)cc3)cs2)C[C@H]1N1CCOCC1. The highest BCUT2D eigenvalue weighted by Crippen LogP contribution is 2.25. The zero-order valence-corrected chi connectivity index (χ0v) is 14.8. The smallest absolute Gasteiger partial charge is 0.123 e. The monoisotopic (exact) mass is 363 g/mol. The fourth-order valence-electron chi connectivity index (χ4n) is 3.57. The van der Waals surface area contributed by atoms with Crippen LogP contribution in [0.3, 0.4) is 0 Å². The number of aromatic nitrogens is 1. The maximum Gasteiger partial charge on any atom is 0.123 e. The summed E-state index contributed by atoms with van der Waals surface area (Å²) in [7, 11) is 0. The molecule has 2 aromatic rings. The summed E-state index contributed by atoms with van der Waals surface area (Å²) in [5, 5.41) is 13.5. The van der Waals surface area contributed by atoms with Crippen molar-refractivity contribution in [1.82, 2.24) is 14.8 Å². The largest absolute Gasteiger partial charge is 0.390 e. The minimum absolute atomic E-state index is 0.181. The van der Waals surface area contributed by atoms with Crippen LogP contribution in [0.2, 0.25) is 0 Å². The van der Waals surface area contributed by atoms with Crippen molar-refractivity contribution in [3.8, 4) is 11.3 Å². The predicted molar refractivity (Wildman–Crippen MR) is 95.0 cm³/mol. The molecule has 0 amide bonds. The van der Waals surface area contributed by atoms with Crippen molar-refractivity contribution in [3.63, 3.8) is 0 Å². The Labute approximate surface area is 150 Å². The summed E-state index contributed by atoms with van der Waals surface area (Å²) in [5.74, 6) is -0.237. The fourth-order valence-corrected chi connectivity index (χ4v) is 4.42. The van der Waals surface area contributed by atoms with E-state index < -0.39 is 0 Å². The van der Waals surface area contributed by atoms with Crippen molar-refractivity contribution >= 4 is 11.3 Å². The Bertz CT molecular complexity index is 703. The van der Waals surface area contributed by atoms with Crippen LogP contribution in [0, 0.1) is 5.82 Å². The molecule has 1 aromatic heterocycles. The van der Waals surface area contributed by atoms with E-state index in [-0.39, 0.29) is 18.0 Å². The number of nitrogens with zero attached hydrogens (tertiary/aromatic N) is 3. The second-order valence-corrected chi connectivity index (χ2v) is 7.55. The maximum atomic E-state index is 13.0. The van der Waals surface area contributed by atoms with Crippen LogP contribution < -0.4 is 0 Å². The molecule has 0 saturated carbocycles. The van der Waals surface area contributed by atoms with Crippen molar-refractivity contribution in [2.24, 2.45) is 0 Å². The topological polar surface area (TPSA) is 48.8 Å². The first-order valence-electron chi connectivity index (χ1n) is 8.61. The van der Waals surface area contributed by atoms with Crippen LogP contribution in [0.5, 0.6) is 0 Å². The second-order valence-electron chi connectivity index (χ2n) is 6.61. The normalized spacial score (nSPS) is 25.5. The number of rotatable bonds is 4. The molecule has 1 aromatic carbocycles. The number of likely N-dealkylation sites (tertiary alicyclic amines) is 1. The van der Waals surface area contributed by atoms with Gasteiger partial charge in [0.25, 0.3) is 0 Å². The van der Waals surface area contributed by atoms with Crippen LogP contribution >= 0.6 is 11.3 Å². The van der Waals surface area contributed by atoms with Crippen molar-refractivity contribution in [3.05, 3.63) is 40.5 Å². The Morgan fingerprint density at radius 1 is 1.20 bits per heavy atom. The predicted octanol–water partition coefficient (Wildman–Crippen LogP) is 1.83. The fraction of sp³-hybridized carbons (Fsp3) is 0.500. The van der Waals surface area contributed by atoms with Crippen LogP contribution in [0.15, 0.2) is 29.6 Å². The number of hydrogen-bond acceptors (Lipinski definition) is 6. The quantitative estimate of drug-likeness (QED) is 0.898. The number of benzene rings is 1. The summed E-state index contributed by atoms with van der Waals surface area (Å²) in [6, 6.07) is 6.60. The van der Waals surface area contributed by atoms with Crippen molar-refractivity contribution in [2.45, 2.75) is 18.7 Å². The number of morpholine rings is 1. The van der Waals surface area contributed by atoms with E-state index in [1.54, 1.807) is 23.5 Å². The van der Waals surface area contributed by atoms with Crippen molar-refractivity contribution in [1.29, 1.82) is 0 Å². The summed E-state index contributed by atoms with van der Waals surface area (Å²) in [6.07, 6.45) is -0.324. The summed E-state index contributed by atoms with van der Waals surface area (Å²) < 4.78 is 18.4.